The lowest BCUT2D eigenvalue weighted by Gasteiger charge is -2.27. The fourth-order valence-corrected chi connectivity index (χ4v) is 7.01. The highest BCUT2D eigenvalue weighted by atomic mass is 15.2. The Bertz CT molecular complexity index is 2260. The number of aromatic nitrogens is 5. The van der Waals surface area contributed by atoms with Gasteiger partial charge in [-0.2, -0.15) is 0 Å². The molecule has 0 saturated heterocycles. The Balaban J connectivity index is 1.13. The van der Waals surface area contributed by atoms with Gasteiger partial charge in [-0.3, -0.25) is 9.97 Å². The van der Waals surface area contributed by atoms with Crippen molar-refractivity contribution in [3.8, 4) is 28.3 Å². The van der Waals surface area contributed by atoms with Gasteiger partial charge in [-0.15, -0.1) is 0 Å². The van der Waals surface area contributed by atoms with Crippen LogP contribution in [0.1, 0.15) is 12.1 Å². The van der Waals surface area contributed by atoms with E-state index in [4.69, 9.17) is 15.0 Å². The summed E-state index contributed by atoms with van der Waals surface area (Å²) in [4.78, 5) is 22.0. The largest absolute Gasteiger partial charge is 0.323 e. The molecule has 0 bridgehead atoms. The minimum atomic E-state index is -0.146. The monoisotopic (exact) mass is 580 g/mol. The number of allylic oxidation sites excluding steroid dienone is 3. The first-order valence-corrected chi connectivity index (χ1v) is 15.2. The summed E-state index contributed by atoms with van der Waals surface area (Å²) in [5, 5.41) is 2.38. The zero-order chi connectivity index (χ0) is 29.8. The maximum absolute atomic E-state index is 5.20. The van der Waals surface area contributed by atoms with Crippen molar-refractivity contribution in [1.82, 2.24) is 24.5 Å². The predicted molar refractivity (Wildman–Crippen MR) is 181 cm³/mol. The fourth-order valence-electron chi connectivity index (χ4n) is 7.01. The van der Waals surface area contributed by atoms with Gasteiger partial charge in [-0.05, 0) is 61.0 Å². The van der Waals surface area contributed by atoms with Crippen molar-refractivity contribution in [3.05, 3.63) is 152 Å². The zero-order valence-corrected chi connectivity index (χ0v) is 24.5. The number of benzene rings is 2. The number of hydrogen-bond donors (Lipinski definition) is 0. The Morgan fingerprint density at radius 1 is 0.622 bits per heavy atom. The molecule has 214 valence electrons. The Morgan fingerprint density at radius 2 is 1.42 bits per heavy atom. The van der Waals surface area contributed by atoms with Crippen molar-refractivity contribution in [2.75, 3.05) is 11.4 Å². The van der Waals surface area contributed by atoms with Crippen molar-refractivity contribution in [2.45, 2.75) is 11.8 Å². The van der Waals surface area contributed by atoms with E-state index in [0.717, 1.165) is 69.5 Å². The molecular formula is C39H28N6. The first-order valence-electron chi connectivity index (χ1n) is 15.2. The SMILES string of the molecule is C1=CCC2(C=C1)CN(c1cccc(-c3cccc(-c4ccccc4-n4c5ccccc5c5ccncc54)n3)n1)c1cccnc12. The van der Waals surface area contributed by atoms with Gasteiger partial charge in [0.05, 0.1) is 56.8 Å². The van der Waals surface area contributed by atoms with E-state index in [9.17, 15) is 0 Å². The van der Waals surface area contributed by atoms with Crippen LogP contribution in [0.25, 0.3) is 50.1 Å². The molecule has 2 aromatic carbocycles. The molecular weight excluding hydrogens is 552 g/mol. The summed E-state index contributed by atoms with van der Waals surface area (Å²) in [5.74, 6) is 0.895. The summed E-state index contributed by atoms with van der Waals surface area (Å²) >= 11 is 0. The van der Waals surface area contributed by atoms with Crippen LogP contribution in [-0.2, 0) is 5.41 Å². The van der Waals surface area contributed by atoms with Crippen LogP contribution >= 0.6 is 0 Å². The molecule has 1 spiro atoms. The number of rotatable bonds is 4. The lowest BCUT2D eigenvalue weighted by molar-refractivity contribution is 0.563. The Hall–Kier alpha value is -5.88. The van der Waals surface area contributed by atoms with E-state index in [-0.39, 0.29) is 5.41 Å². The quantitative estimate of drug-likeness (QED) is 0.209. The van der Waals surface area contributed by atoms with Gasteiger partial charge in [0, 0.05) is 35.3 Å². The summed E-state index contributed by atoms with van der Waals surface area (Å²) in [6.45, 7) is 0.797. The summed E-state index contributed by atoms with van der Waals surface area (Å²) in [6.07, 6.45) is 15.4. The van der Waals surface area contributed by atoms with Gasteiger partial charge in [0.25, 0.3) is 0 Å². The molecule has 0 fully saturated rings. The van der Waals surface area contributed by atoms with Crippen LogP contribution in [0.3, 0.4) is 0 Å². The molecule has 1 aliphatic carbocycles. The average Bonchev–Trinajstić information content (AvgIpc) is 3.62. The highest BCUT2D eigenvalue weighted by Gasteiger charge is 2.42. The van der Waals surface area contributed by atoms with Gasteiger partial charge in [-0.25, -0.2) is 9.97 Å². The van der Waals surface area contributed by atoms with E-state index in [1.54, 1.807) is 0 Å². The van der Waals surface area contributed by atoms with Gasteiger partial charge in [0.1, 0.15) is 5.82 Å². The molecule has 1 aliphatic heterocycles. The molecule has 0 N–H and O–H groups in total. The van der Waals surface area contributed by atoms with Crippen LogP contribution in [-0.4, -0.2) is 31.0 Å². The molecule has 1 unspecified atom stereocenters. The fraction of sp³-hybridized carbons (Fsp3) is 0.0769. The smallest absolute Gasteiger partial charge is 0.133 e. The van der Waals surface area contributed by atoms with Crippen LogP contribution in [0.2, 0.25) is 0 Å². The van der Waals surface area contributed by atoms with E-state index in [2.05, 4.69) is 124 Å². The third-order valence-electron chi connectivity index (χ3n) is 9.05. The number of fused-ring (bicyclic) bond motifs is 5. The maximum atomic E-state index is 5.20. The lowest BCUT2D eigenvalue weighted by atomic mass is 9.80. The first-order chi connectivity index (χ1) is 22.3. The molecule has 6 heterocycles. The highest BCUT2D eigenvalue weighted by molar-refractivity contribution is 6.09. The first kappa shape index (κ1) is 25.6. The van der Waals surface area contributed by atoms with Crippen molar-refractivity contribution < 1.29 is 0 Å². The second-order valence-electron chi connectivity index (χ2n) is 11.7. The van der Waals surface area contributed by atoms with E-state index in [1.807, 2.05) is 36.8 Å². The molecule has 45 heavy (non-hydrogen) atoms. The van der Waals surface area contributed by atoms with Crippen molar-refractivity contribution in [2.24, 2.45) is 0 Å². The molecule has 7 aromatic rings. The van der Waals surface area contributed by atoms with Crippen LogP contribution in [0.5, 0.6) is 0 Å². The second kappa shape index (κ2) is 10.1. The van der Waals surface area contributed by atoms with Crippen LogP contribution in [0.15, 0.2) is 146 Å². The standard InChI is InChI=1S/C39H28N6/c1-6-21-39(22-7-1)26-44(35-18-10-23-41-38(35)39)37-19-9-15-32(43-37)31-14-8-13-30(42-31)29-12-3-5-17-34(29)45-33-16-4-2-11-27(33)28-20-24-40-25-36(28)45/h1-21,23-25H,22,26H2. The average molecular weight is 581 g/mol. The summed E-state index contributed by atoms with van der Waals surface area (Å²) in [5.41, 5.74) is 8.93. The molecule has 0 saturated carbocycles. The molecule has 1 atom stereocenters. The highest BCUT2D eigenvalue weighted by Crippen LogP contribution is 2.47. The van der Waals surface area contributed by atoms with Crippen LogP contribution in [0.4, 0.5) is 11.5 Å². The number of para-hydroxylation sites is 2. The predicted octanol–water partition coefficient (Wildman–Crippen LogP) is 8.60. The molecule has 6 heteroatoms. The lowest BCUT2D eigenvalue weighted by Crippen LogP contribution is -2.30. The molecule has 0 amide bonds. The number of hydrogen-bond acceptors (Lipinski definition) is 5. The van der Waals surface area contributed by atoms with E-state index < -0.39 is 0 Å². The number of pyridine rings is 4. The molecule has 5 aromatic heterocycles. The van der Waals surface area contributed by atoms with Crippen molar-refractivity contribution >= 4 is 33.3 Å². The number of anilines is 2. The van der Waals surface area contributed by atoms with Gasteiger partial charge < -0.3 is 9.47 Å². The van der Waals surface area contributed by atoms with Crippen LogP contribution in [0, 0.1) is 0 Å². The summed E-state index contributed by atoms with van der Waals surface area (Å²) < 4.78 is 2.30. The minimum absolute atomic E-state index is 0.146. The Kier molecular flexibility index (Phi) is 5.75. The van der Waals surface area contributed by atoms with Gasteiger partial charge >= 0.3 is 0 Å². The maximum Gasteiger partial charge on any atom is 0.133 e. The van der Waals surface area contributed by atoms with E-state index >= 15 is 0 Å². The minimum Gasteiger partial charge on any atom is -0.323 e. The van der Waals surface area contributed by atoms with E-state index in [0.29, 0.717) is 0 Å². The molecule has 0 radical (unpaired) electrons. The third kappa shape index (κ3) is 4.03. The van der Waals surface area contributed by atoms with Crippen molar-refractivity contribution in [1.29, 1.82) is 0 Å². The zero-order valence-electron chi connectivity index (χ0n) is 24.5. The normalized spacial score (nSPS) is 17.0. The molecule has 6 nitrogen and oxygen atoms in total. The van der Waals surface area contributed by atoms with Crippen LogP contribution < -0.4 is 4.90 Å². The third-order valence-corrected chi connectivity index (χ3v) is 9.05. The van der Waals surface area contributed by atoms with Gasteiger partial charge in [-0.1, -0.05) is 72.8 Å². The Labute approximate surface area is 260 Å². The Morgan fingerprint density at radius 3 is 2.36 bits per heavy atom. The van der Waals surface area contributed by atoms with E-state index in [1.165, 1.54) is 10.8 Å². The molecule has 9 rings (SSSR count). The summed E-state index contributed by atoms with van der Waals surface area (Å²) in [6, 6.07) is 35.6. The number of nitrogens with zero attached hydrogens (tertiary/aromatic N) is 6. The molecule has 2 aliphatic rings. The summed E-state index contributed by atoms with van der Waals surface area (Å²) in [7, 11) is 0. The van der Waals surface area contributed by atoms with Crippen molar-refractivity contribution in [3.63, 3.8) is 0 Å². The van der Waals surface area contributed by atoms with Gasteiger partial charge in [0.15, 0.2) is 0 Å². The topological polar surface area (TPSA) is 59.7 Å². The second-order valence-corrected chi connectivity index (χ2v) is 11.7. The van der Waals surface area contributed by atoms with Gasteiger partial charge in [0.2, 0.25) is 0 Å².